The van der Waals surface area contributed by atoms with Gasteiger partial charge in [-0.05, 0) is 31.2 Å². The van der Waals surface area contributed by atoms with Gasteiger partial charge >= 0.3 is 5.97 Å². The molecule has 0 spiro atoms. The molecule has 0 radical (unpaired) electrons. The quantitative estimate of drug-likeness (QED) is 0.555. The van der Waals surface area contributed by atoms with Crippen LogP contribution in [0.5, 0.6) is 0 Å². The van der Waals surface area contributed by atoms with Gasteiger partial charge in [0, 0.05) is 27.7 Å². The molecule has 2 heterocycles. The van der Waals surface area contributed by atoms with E-state index >= 15 is 0 Å². The van der Waals surface area contributed by atoms with Gasteiger partial charge in [0.1, 0.15) is 6.07 Å². The number of nitrogens with one attached hydrogen (secondary N) is 1. The smallest absolute Gasteiger partial charge is 0.335 e. The number of aromatic nitrogens is 2. The van der Waals surface area contributed by atoms with Crippen molar-refractivity contribution in [2.75, 3.05) is 0 Å². The van der Waals surface area contributed by atoms with Crippen LogP contribution >= 0.6 is 0 Å². The predicted molar refractivity (Wildman–Crippen MR) is 103 cm³/mol. The fraction of sp³-hybridized carbons (Fsp3) is 0.0455. The first-order valence-corrected chi connectivity index (χ1v) is 8.40. The summed E-state index contributed by atoms with van der Waals surface area (Å²) in [4.78, 5) is 19.5. The number of nitriles is 1. The zero-order valence-electron chi connectivity index (χ0n) is 14.5. The van der Waals surface area contributed by atoms with Crippen molar-refractivity contribution in [2.24, 2.45) is 0 Å². The Kier molecular flexibility index (Phi) is 3.94. The highest BCUT2D eigenvalue weighted by Crippen LogP contribution is 2.29. The van der Waals surface area contributed by atoms with E-state index in [-0.39, 0.29) is 5.56 Å². The lowest BCUT2D eigenvalue weighted by Crippen LogP contribution is -2.00. The Morgan fingerprint density at radius 3 is 2.41 bits per heavy atom. The normalized spacial score (nSPS) is 10.7. The highest BCUT2D eigenvalue weighted by Gasteiger charge is 2.14. The average Bonchev–Trinajstić information content (AvgIpc) is 3.02. The van der Waals surface area contributed by atoms with Crippen LogP contribution in [-0.2, 0) is 0 Å². The number of nitrogens with zero attached hydrogens (tertiary/aromatic N) is 2. The van der Waals surface area contributed by atoms with Gasteiger partial charge in [0.25, 0.3) is 0 Å². The van der Waals surface area contributed by atoms with Crippen molar-refractivity contribution < 1.29 is 9.90 Å². The topological polar surface area (TPSA) is 89.8 Å². The Balaban J connectivity index is 1.93. The number of rotatable bonds is 3. The van der Waals surface area contributed by atoms with Crippen molar-refractivity contribution in [3.05, 3.63) is 77.5 Å². The third-order valence-electron chi connectivity index (χ3n) is 4.54. The molecule has 5 heteroatoms. The Hall–Kier alpha value is -3.91. The number of aromatic carboxylic acids is 1. The molecule has 2 aromatic carbocycles. The van der Waals surface area contributed by atoms with E-state index in [9.17, 15) is 15.2 Å². The summed E-state index contributed by atoms with van der Waals surface area (Å²) in [5.41, 5.74) is 5.19. The number of carboxylic acids is 1. The summed E-state index contributed by atoms with van der Waals surface area (Å²) >= 11 is 0. The second-order valence-corrected chi connectivity index (χ2v) is 6.29. The van der Waals surface area contributed by atoms with Gasteiger partial charge < -0.3 is 10.1 Å². The van der Waals surface area contributed by atoms with Crippen LogP contribution in [0.1, 0.15) is 21.6 Å². The lowest BCUT2D eigenvalue weighted by molar-refractivity contribution is 0.0697. The summed E-state index contributed by atoms with van der Waals surface area (Å²) in [5.74, 6) is -1.01. The van der Waals surface area contributed by atoms with Crippen molar-refractivity contribution in [3.8, 4) is 28.6 Å². The molecule has 0 aliphatic heterocycles. The van der Waals surface area contributed by atoms with Gasteiger partial charge in [-0.15, -0.1) is 0 Å². The number of fused-ring (bicyclic) bond motifs is 1. The maximum Gasteiger partial charge on any atom is 0.335 e. The van der Waals surface area contributed by atoms with Crippen molar-refractivity contribution in [3.63, 3.8) is 0 Å². The lowest BCUT2D eigenvalue weighted by Gasteiger charge is -2.08. The van der Waals surface area contributed by atoms with Gasteiger partial charge in [0.05, 0.1) is 22.5 Å². The molecule has 27 heavy (non-hydrogen) atoms. The SMILES string of the molecule is Cc1[nH]c2ccc(-c3cc(C(=O)O)cc(-c4ccccc4)n3)cc2c1C#N. The number of carbonyl (C=O) groups is 1. The Labute approximate surface area is 155 Å². The highest BCUT2D eigenvalue weighted by molar-refractivity contribution is 5.93. The van der Waals surface area contributed by atoms with Gasteiger partial charge in [0.2, 0.25) is 0 Å². The van der Waals surface area contributed by atoms with Gasteiger partial charge in [0.15, 0.2) is 0 Å². The standard InChI is InChI=1S/C22H15N3O2/c1-13-18(12-23)17-9-15(7-8-19(17)24-13)21-11-16(22(26)27)10-20(25-21)14-5-3-2-4-6-14/h2-11,24H,1H3,(H,26,27). The van der Waals surface area contributed by atoms with Crippen LogP contribution in [0.3, 0.4) is 0 Å². The molecule has 130 valence electrons. The first-order chi connectivity index (χ1) is 13.1. The van der Waals surface area contributed by atoms with E-state index < -0.39 is 5.97 Å². The molecule has 0 amide bonds. The second-order valence-electron chi connectivity index (χ2n) is 6.29. The molecule has 0 bridgehead atoms. The molecule has 5 nitrogen and oxygen atoms in total. The maximum absolute atomic E-state index is 11.6. The number of H-pyrrole nitrogens is 1. The summed E-state index contributed by atoms with van der Waals surface area (Å²) in [6.45, 7) is 1.86. The van der Waals surface area contributed by atoms with Crippen LogP contribution in [0.15, 0.2) is 60.7 Å². The van der Waals surface area contributed by atoms with Crippen LogP contribution < -0.4 is 0 Å². The number of pyridine rings is 1. The summed E-state index contributed by atoms with van der Waals surface area (Å²) in [6.07, 6.45) is 0. The molecule has 4 aromatic rings. The van der Waals surface area contributed by atoms with Crippen molar-refractivity contribution in [1.82, 2.24) is 9.97 Å². The Morgan fingerprint density at radius 1 is 1.04 bits per heavy atom. The molecule has 0 unspecified atom stereocenters. The fourth-order valence-corrected chi connectivity index (χ4v) is 3.19. The van der Waals surface area contributed by atoms with Gasteiger partial charge in [-0.25, -0.2) is 9.78 Å². The van der Waals surface area contributed by atoms with E-state index in [1.807, 2.05) is 55.5 Å². The van der Waals surface area contributed by atoms with E-state index in [1.54, 1.807) is 12.1 Å². The fourth-order valence-electron chi connectivity index (χ4n) is 3.19. The molecule has 2 N–H and O–H groups in total. The average molecular weight is 353 g/mol. The van der Waals surface area contributed by atoms with Crippen molar-refractivity contribution in [1.29, 1.82) is 5.26 Å². The molecule has 4 rings (SSSR count). The van der Waals surface area contributed by atoms with Crippen LogP contribution in [-0.4, -0.2) is 21.0 Å². The molecule has 0 aliphatic carbocycles. The van der Waals surface area contributed by atoms with Gasteiger partial charge in [-0.2, -0.15) is 5.26 Å². The number of carboxylic acid groups (broad SMARTS) is 1. The zero-order chi connectivity index (χ0) is 19.0. The molecule has 2 aromatic heterocycles. The summed E-state index contributed by atoms with van der Waals surface area (Å²) in [6, 6.07) is 20.4. The largest absolute Gasteiger partial charge is 0.478 e. The van der Waals surface area contributed by atoms with Crippen LogP contribution in [0, 0.1) is 18.3 Å². The van der Waals surface area contributed by atoms with Crippen LogP contribution in [0.25, 0.3) is 33.4 Å². The van der Waals surface area contributed by atoms with E-state index in [1.165, 1.54) is 0 Å². The second kappa shape index (κ2) is 6.43. The first kappa shape index (κ1) is 16.6. The van der Waals surface area contributed by atoms with Crippen molar-refractivity contribution in [2.45, 2.75) is 6.92 Å². The summed E-state index contributed by atoms with van der Waals surface area (Å²) in [7, 11) is 0. The molecule has 0 saturated heterocycles. The third kappa shape index (κ3) is 2.94. The number of benzene rings is 2. The molecule has 0 aliphatic rings. The minimum Gasteiger partial charge on any atom is -0.478 e. The minimum absolute atomic E-state index is 0.171. The van der Waals surface area contributed by atoms with Gasteiger partial charge in [-0.1, -0.05) is 36.4 Å². The van der Waals surface area contributed by atoms with Crippen molar-refractivity contribution >= 4 is 16.9 Å². The number of aromatic amines is 1. The third-order valence-corrected chi connectivity index (χ3v) is 4.54. The number of aryl methyl sites for hydroxylation is 1. The van der Waals surface area contributed by atoms with E-state index in [4.69, 9.17) is 0 Å². The molecule has 0 atom stereocenters. The van der Waals surface area contributed by atoms with Crippen LogP contribution in [0.2, 0.25) is 0 Å². The van der Waals surface area contributed by atoms with Crippen LogP contribution in [0.4, 0.5) is 0 Å². The zero-order valence-corrected chi connectivity index (χ0v) is 14.5. The Morgan fingerprint density at radius 2 is 1.74 bits per heavy atom. The van der Waals surface area contributed by atoms with Gasteiger partial charge in [-0.3, -0.25) is 0 Å². The highest BCUT2D eigenvalue weighted by atomic mass is 16.4. The summed E-state index contributed by atoms with van der Waals surface area (Å²) < 4.78 is 0. The molecular formula is C22H15N3O2. The predicted octanol–water partition coefficient (Wildman–Crippen LogP) is 4.78. The molecule has 0 saturated carbocycles. The monoisotopic (exact) mass is 353 g/mol. The summed E-state index contributed by atoms with van der Waals surface area (Å²) in [5, 5.41) is 19.7. The lowest BCUT2D eigenvalue weighted by atomic mass is 10.0. The number of hydrogen-bond acceptors (Lipinski definition) is 3. The minimum atomic E-state index is -1.01. The van der Waals surface area contributed by atoms with E-state index in [0.29, 0.717) is 17.0 Å². The maximum atomic E-state index is 11.6. The van der Waals surface area contributed by atoms with E-state index in [0.717, 1.165) is 27.7 Å². The van der Waals surface area contributed by atoms with E-state index in [2.05, 4.69) is 16.0 Å². The Bertz CT molecular complexity index is 1220. The molecule has 0 fully saturated rings. The molecular weight excluding hydrogens is 338 g/mol. The first-order valence-electron chi connectivity index (χ1n) is 8.40. The number of hydrogen-bond donors (Lipinski definition) is 2.